The Morgan fingerprint density at radius 2 is 1.85 bits per heavy atom. The van der Waals surface area contributed by atoms with Crippen LogP contribution in [-0.4, -0.2) is 33.8 Å². The molecule has 134 valence electrons. The van der Waals surface area contributed by atoms with Gasteiger partial charge in [-0.2, -0.15) is 0 Å². The molecule has 0 unspecified atom stereocenters. The summed E-state index contributed by atoms with van der Waals surface area (Å²) in [6.45, 7) is 4.69. The summed E-state index contributed by atoms with van der Waals surface area (Å²) < 4.78 is 5.68. The van der Waals surface area contributed by atoms with Crippen molar-refractivity contribution in [3.63, 3.8) is 0 Å². The smallest absolute Gasteiger partial charge is 0.277 e. The highest BCUT2D eigenvalue weighted by Crippen LogP contribution is 2.25. The minimum absolute atomic E-state index is 0.0183. The van der Waals surface area contributed by atoms with Crippen molar-refractivity contribution in [2.75, 3.05) is 12.8 Å². The molecular weight excluding hydrogens is 346 g/mol. The second kappa shape index (κ2) is 8.19. The van der Waals surface area contributed by atoms with Crippen LogP contribution < -0.4 is 0 Å². The molecule has 1 aromatic heterocycles. The number of aromatic nitrogens is 2. The van der Waals surface area contributed by atoms with Crippen LogP contribution in [0, 0.1) is 13.8 Å². The van der Waals surface area contributed by atoms with Crippen LogP contribution in [0.5, 0.6) is 0 Å². The van der Waals surface area contributed by atoms with Gasteiger partial charge in [-0.25, -0.2) is 0 Å². The molecule has 0 fully saturated rings. The van der Waals surface area contributed by atoms with Gasteiger partial charge >= 0.3 is 0 Å². The van der Waals surface area contributed by atoms with Crippen LogP contribution >= 0.6 is 11.8 Å². The molecule has 1 heterocycles. The Bertz CT molecular complexity index is 893. The predicted molar refractivity (Wildman–Crippen MR) is 103 cm³/mol. The lowest BCUT2D eigenvalue weighted by Gasteiger charge is -2.16. The number of rotatable bonds is 6. The molecule has 0 saturated heterocycles. The monoisotopic (exact) mass is 367 g/mol. The summed E-state index contributed by atoms with van der Waals surface area (Å²) in [5.74, 6) is 0.753. The lowest BCUT2D eigenvalue weighted by molar-refractivity contribution is -0.127. The summed E-state index contributed by atoms with van der Waals surface area (Å²) in [7, 11) is 1.80. The zero-order valence-electron chi connectivity index (χ0n) is 15.1. The average molecular weight is 367 g/mol. The molecule has 0 radical (unpaired) electrons. The highest BCUT2D eigenvalue weighted by Gasteiger charge is 2.14. The van der Waals surface area contributed by atoms with Crippen LogP contribution in [0.15, 0.2) is 58.2 Å². The van der Waals surface area contributed by atoms with Crippen molar-refractivity contribution >= 4 is 17.7 Å². The van der Waals surface area contributed by atoms with E-state index in [0.29, 0.717) is 17.7 Å². The van der Waals surface area contributed by atoms with Gasteiger partial charge in [-0.3, -0.25) is 4.79 Å². The summed E-state index contributed by atoms with van der Waals surface area (Å²) in [5, 5.41) is 8.52. The van der Waals surface area contributed by atoms with Crippen LogP contribution in [0.2, 0.25) is 0 Å². The summed E-state index contributed by atoms with van der Waals surface area (Å²) in [4.78, 5) is 14.0. The van der Waals surface area contributed by atoms with E-state index < -0.39 is 0 Å². The molecular formula is C20H21N3O2S. The molecule has 1 amide bonds. The fourth-order valence-corrected chi connectivity index (χ4v) is 3.14. The molecule has 0 aliphatic rings. The van der Waals surface area contributed by atoms with Crippen molar-refractivity contribution in [1.29, 1.82) is 0 Å². The van der Waals surface area contributed by atoms with Crippen molar-refractivity contribution in [2.24, 2.45) is 0 Å². The summed E-state index contributed by atoms with van der Waals surface area (Å²) >= 11 is 1.26. The van der Waals surface area contributed by atoms with E-state index in [2.05, 4.69) is 17.1 Å². The summed E-state index contributed by atoms with van der Waals surface area (Å²) in [5.41, 5.74) is 4.38. The van der Waals surface area contributed by atoms with Gasteiger partial charge < -0.3 is 9.32 Å². The SMILES string of the molecule is Cc1ccc(-c2nnc(SCC(=O)N(C)Cc3ccccc3)o2)cc1C. The van der Waals surface area contributed by atoms with Crippen molar-refractivity contribution in [3.05, 3.63) is 65.2 Å². The Morgan fingerprint density at radius 1 is 1.08 bits per heavy atom. The normalized spacial score (nSPS) is 10.7. The maximum absolute atomic E-state index is 12.3. The number of thioether (sulfide) groups is 1. The molecule has 0 spiro atoms. The third kappa shape index (κ3) is 4.52. The van der Waals surface area contributed by atoms with E-state index in [1.165, 1.54) is 22.9 Å². The molecule has 0 bridgehead atoms. The topological polar surface area (TPSA) is 59.2 Å². The van der Waals surface area contributed by atoms with Gasteiger partial charge in [-0.1, -0.05) is 48.2 Å². The van der Waals surface area contributed by atoms with Crippen LogP contribution in [0.4, 0.5) is 0 Å². The first kappa shape index (κ1) is 18.2. The van der Waals surface area contributed by atoms with E-state index in [0.717, 1.165) is 11.1 Å². The first-order chi connectivity index (χ1) is 12.5. The van der Waals surface area contributed by atoms with Crippen LogP contribution in [0.25, 0.3) is 11.5 Å². The van der Waals surface area contributed by atoms with Gasteiger partial charge in [0.1, 0.15) is 0 Å². The number of hydrogen-bond acceptors (Lipinski definition) is 5. The highest BCUT2D eigenvalue weighted by atomic mass is 32.2. The van der Waals surface area contributed by atoms with Gasteiger partial charge in [0.05, 0.1) is 5.75 Å². The molecule has 3 aromatic rings. The number of nitrogens with zero attached hydrogens (tertiary/aromatic N) is 3. The summed E-state index contributed by atoms with van der Waals surface area (Å²) in [6, 6.07) is 15.9. The van der Waals surface area contributed by atoms with Crippen LogP contribution in [0.1, 0.15) is 16.7 Å². The molecule has 0 atom stereocenters. The number of benzene rings is 2. The number of aryl methyl sites for hydroxylation is 2. The van der Waals surface area contributed by atoms with Gasteiger partial charge in [-0.15, -0.1) is 10.2 Å². The summed E-state index contributed by atoms with van der Waals surface area (Å²) in [6.07, 6.45) is 0. The average Bonchev–Trinajstić information content (AvgIpc) is 3.12. The minimum atomic E-state index is 0.0183. The quantitative estimate of drug-likeness (QED) is 0.614. The van der Waals surface area contributed by atoms with E-state index in [9.17, 15) is 4.79 Å². The first-order valence-electron chi connectivity index (χ1n) is 8.35. The van der Waals surface area contributed by atoms with Gasteiger partial charge in [0, 0.05) is 19.2 Å². The minimum Gasteiger partial charge on any atom is -0.411 e. The van der Waals surface area contributed by atoms with E-state index in [-0.39, 0.29) is 11.7 Å². The van der Waals surface area contributed by atoms with Gasteiger partial charge in [-0.05, 0) is 42.7 Å². The Hall–Kier alpha value is -2.60. The van der Waals surface area contributed by atoms with Crippen LogP contribution in [-0.2, 0) is 11.3 Å². The second-order valence-electron chi connectivity index (χ2n) is 6.20. The Morgan fingerprint density at radius 3 is 2.58 bits per heavy atom. The zero-order chi connectivity index (χ0) is 18.5. The van der Waals surface area contributed by atoms with Gasteiger partial charge in [0.2, 0.25) is 11.8 Å². The van der Waals surface area contributed by atoms with E-state index in [1.54, 1.807) is 11.9 Å². The second-order valence-corrected chi connectivity index (χ2v) is 7.12. The molecule has 0 aliphatic carbocycles. The van der Waals surface area contributed by atoms with Crippen LogP contribution in [0.3, 0.4) is 0 Å². The van der Waals surface area contributed by atoms with E-state index in [4.69, 9.17) is 4.42 Å². The number of amides is 1. The van der Waals surface area contributed by atoms with Crippen molar-refractivity contribution < 1.29 is 9.21 Å². The van der Waals surface area contributed by atoms with E-state index in [1.807, 2.05) is 55.5 Å². The fraction of sp³-hybridized carbons (Fsp3) is 0.250. The van der Waals surface area contributed by atoms with Crippen molar-refractivity contribution in [1.82, 2.24) is 15.1 Å². The Labute approximate surface area is 157 Å². The van der Waals surface area contributed by atoms with Gasteiger partial charge in [0.25, 0.3) is 5.22 Å². The lowest BCUT2D eigenvalue weighted by Crippen LogP contribution is -2.27. The molecule has 3 rings (SSSR count). The molecule has 0 aliphatic heterocycles. The third-order valence-electron chi connectivity index (χ3n) is 4.17. The standard InChI is InChI=1S/C20H21N3O2S/c1-14-9-10-17(11-15(14)2)19-21-22-20(25-19)26-13-18(24)23(3)12-16-7-5-4-6-8-16/h4-11H,12-13H2,1-3H3. The molecule has 26 heavy (non-hydrogen) atoms. The molecule has 5 nitrogen and oxygen atoms in total. The molecule has 6 heteroatoms. The third-order valence-corrected chi connectivity index (χ3v) is 4.97. The first-order valence-corrected chi connectivity index (χ1v) is 9.33. The van der Waals surface area contributed by atoms with Crippen molar-refractivity contribution in [3.8, 4) is 11.5 Å². The Balaban J connectivity index is 1.57. The molecule has 2 aromatic carbocycles. The molecule has 0 N–H and O–H groups in total. The maximum atomic E-state index is 12.3. The predicted octanol–water partition coefficient (Wildman–Crippen LogP) is 4.10. The lowest BCUT2D eigenvalue weighted by atomic mass is 10.1. The highest BCUT2D eigenvalue weighted by molar-refractivity contribution is 7.99. The zero-order valence-corrected chi connectivity index (χ0v) is 15.9. The maximum Gasteiger partial charge on any atom is 0.277 e. The fourth-order valence-electron chi connectivity index (χ4n) is 2.44. The molecule has 0 saturated carbocycles. The number of carbonyl (C=O) groups excluding carboxylic acids is 1. The largest absolute Gasteiger partial charge is 0.411 e. The number of hydrogen-bond donors (Lipinski definition) is 0. The van der Waals surface area contributed by atoms with E-state index >= 15 is 0 Å². The number of carbonyl (C=O) groups is 1. The van der Waals surface area contributed by atoms with Crippen molar-refractivity contribution in [2.45, 2.75) is 25.6 Å². The van der Waals surface area contributed by atoms with Gasteiger partial charge in [0.15, 0.2) is 0 Å². The Kier molecular flexibility index (Phi) is 5.73.